The number of hydrogen-bond acceptors (Lipinski definition) is 5. The SMILES string of the molecule is CN1CCN(C(=O)c2ccc3nc(NC(=O)c4ccc(Cl)c(Cl)c4)sc3c2)CC1. The van der Waals surface area contributed by atoms with Crippen molar-refractivity contribution in [3.05, 3.63) is 57.6 Å². The predicted molar refractivity (Wildman–Crippen MR) is 117 cm³/mol. The Hall–Kier alpha value is -2.19. The molecule has 2 aromatic carbocycles. The number of fused-ring (bicyclic) bond motifs is 1. The Morgan fingerprint density at radius 3 is 2.45 bits per heavy atom. The van der Waals surface area contributed by atoms with Crippen molar-refractivity contribution < 1.29 is 9.59 Å². The molecule has 1 aliphatic rings. The minimum absolute atomic E-state index is 0.0230. The largest absolute Gasteiger partial charge is 0.336 e. The number of nitrogens with zero attached hydrogens (tertiary/aromatic N) is 3. The second kappa shape index (κ2) is 8.28. The Morgan fingerprint density at radius 2 is 1.72 bits per heavy atom. The molecule has 0 unspecified atom stereocenters. The molecule has 1 saturated heterocycles. The minimum Gasteiger partial charge on any atom is -0.336 e. The summed E-state index contributed by atoms with van der Waals surface area (Å²) >= 11 is 13.2. The summed E-state index contributed by atoms with van der Waals surface area (Å²) in [4.78, 5) is 33.7. The van der Waals surface area contributed by atoms with Gasteiger partial charge in [0.1, 0.15) is 0 Å². The van der Waals surface area contributed by atoms with Crippen LogP contribution in [0.25, 0.3) is 10.2 Å². The summed E-state index contributed by atoms with van der Waals surface area (Å²) < 4.78 is 0.842. The van der Waals surface area contributed by atoms with Crippen LogP contribution < -0.4 is 5.32 Å². The molecule has 6 nitrogen and oxygen atoms in total. The van der Waals surface area contributed by atoms with E-state index in [2.05, 4.69) is 22.2 Å². The standard InChI is InChI=1S/C20H18Cl2N4O2S/c1-25-6-8-26(9-7-25)19(28)13-3-5-16-17(11-13)29-20(23-16)24-18(27)12-2-4-14(21)15(22)10-12/h2-5,10-11H,6-9H2,1H3,(H,23,24,27). The fourth-order valence-corrected chi connectivity index (χ4v) is 4.31. The molecule has 2 heterocycles. The topological polar surface area (TPSA) is 65.5 Å². The third kappa shape index (κ3) is 4.38. The van der Waals surface area contributed by atoms with Crippen LogP contribution in [0.15, 0.2) is 36.4 Å². The highest BCUT2D eigenvalue weighted by molar-refractivity contribution is 7.22. The predicted octanol–water partition coefficient (Wildman–Crippen LogP) is 4.24. The van der Waals surface area contributed by atoms with Crippen LogP contribution in [0.2, 0.25) is 10.0 Å². The summed E-state index contributed by atoms with van der Waals surface area (Å²) in [5.74, 6) is -0.300. The Labute approximate surface area is 182 Å². The molecule has 0 aliphatic carbocycles. The number of rotatable bonds is 3. The first-order chi connectivity index (χ1) is 13.9. The number of likely N-dealkylation sites (N-methyl/N-ethyl adjacent to an activating group) is 1. The number of halogens is 2. The fraction of sp³-hybridized carbons (Fsp3) is 0.250. The lowest BCUT2D eigenvalue weighted by molar-refractivity contribution is 0.0664. The van der Waals surface area contributed by atoms with Gasteiger partial charge in [0.15, 0.2) is 5.13 Å². The summed E-state index contributed by atoms with van der Waals surface area (Å²) in [5.41, 5.74) is 1.76. The van der Waals surface area contributed by atoms with Crippen molar-refractivity contribution in [2.75, 3.05) is 38.5 Å². The third-order valence-electron chi connectivity index (χ3n) is 4.83. The summed E-state index contributed by atoms with van der Waals surface area (Å²) in [5, 5.41) is 3.94. The maximum atomic E-state index is 12.8. The molecule has 2 amide bonds. The van der Waals surface area contributed by atoms with Crippen LogP contribution in [0, 0.1) is 0 Å². The monoisotopic (exact) mass is 448 g/mol. The number of anilines is 1. The number of nitrogens with one attached hydrogen (secondary N) is 1. The molecule has 1 aromatic heterocycles. The molecule has 0 atom stereocenters. The van der Waals surface area contributed by atoms with Crippen molar-refractivity contribution in [3.8, 4) is 0 Å². The maximum Gasteiger partial charge on any atom is 0.257 e. The van der Waals surface area contributed by atoms with Gasteiger partial charge in [-0.25, -0.2) is 4.98 Å². The molecule has 0 spiro atoms. The molecular formula is C20H18Cl2N4O2S. The van der Waals surface area contributed by atoms with Crippen LogP contribution >= 0.6 is 34.5 Å². The van der Waals surface area contributed by atoms with Crippen LogP contribution in [0.4, 0.5) is 5.13 Å². The molecule has 150 valence electrons. The van der Waals surface area contributed by atoms with Crippen LogP contribution in [-0.4, -0.2) is 59.8 Å². The molecule has 1 aliphatic heterocycles. The number of carbonyl (C=O) groups is 2. The number of aromatic nitrogens is 1. The maximum absolute atomic E-state index is 12.8. The number of carbonyl (C=O) groups excluding carboxylic acids is 2. The van der Waals surface area contributed by atoms with Crippen LogP contribution in [0.1, 0.15) is 20.7 Å². The highest BCUT2D eigenvalue weighted by atomic mass is 35.5. The second-order valence-corrected chi connectivity index (χ2v) is 8.73. The van der Waals surface area contributed by atoms with Gasteiger partial charge in [0.25, 0.3) is 11.8 Å². The van der Waals surface area contributed by atoms with Crippen LogP contribution in [-0.2, 0) is 0 Å². The zero-order chi connectivity index (χ0) is 20.5. The van der Waals surface area contributed by atoms with Gasteiger partial charge in [-0.05, 0) is 43.4 Å². The van der Waals surface area contributed by atoms with Crippen molar-refractivity contribution in [1.29, 1.82) is 0 Å². The third-order valence-corrected chi connectivity index (χ3v) is 6.50. The van der Waals surface area contributed by atoms with Gasteiger partial charge in [-0.2, -0.15) is 0 Å². The Balaban J connectivity index is 1.51. The number of thiazole rings is 1. The molecule has 29 heavy (non-hydrogen) atoms. The van der Waals surface area contributed by atoms with Crippen molar-refractivity contribution in [3.63, 3.8) is 0 Å². The van der Waals surface area contributed by atoms with Crippen LogP contribution in [0.5, 0.6) is 0 Å². The zero-order valence-corrected chi connectivity index (χ0v) is 17.9. The number of hydrogen-bond donors (Lipinski definition) is 1. The molecule has 4 rings (SSSR count). The van der Waals surface area contributed by atoms with Crippen LogP contribution in [0.3, 0.4) is 0 Å². The number of amides is 2. The summed E-state index contributed by atoms with van der Waals surface area (Å²) in [6.45, 7) is 3.20. The first-order valence-electron chi connectivity index (χ1n) is 9.05. The molecular weight excluding hydrogens is 431 g/mol. The van der Waals surface area contributed by atoms with Gasteiger partial charge in [-0.1, -0.05) is 34.5 Å². The average Bonchev–Trinajstić information content (AvgIpc) is 3.11. The van der Waals surface area contributed by atoms with E-state index < -0.39 is 0 Å². The minimum atomic E-state index is -0.323. The lowest BCUT2D eigenvalue weighted by Crippen LogP contribution is -2.47. The number of benzene rings is 2. The highest BCUT2D eigenvalue weighted by Gasteiger charge is 2.21. The van der Waals surface area contributed by atoms with E-state index in [1.54, 1.807) is 18.2 Å². The van der Waals surface area contributed by atoms with Crippen molar-refractivity contribution in [2.45, 2.75) is 0 Å². The molecule has 0 saturated carbocycles. The Morgan fingerprint density at radius 1 is 1.00 bits per heavy atom. The van der Waals surface area contributed by atoms with Gasteiger partial charge in [0, 0.05) is 37.3 Å². The average molecular weight is 449 g/mol. The molecule has 1 N–H and O–H groups in total. The highest BCUT2D eigenvalue weighted by Crippen LogP contribution is 2.28. The van der Waals surface area contributed by atoms with Gasteiger partial charge < -0.3 is 9.80 Å². The Bertz CT molecular complexity index is 1090. The normalized spacial score (nSPS) is 14.9. The van der Waals surface area contributed by atoms with Crippen molar-refractivity contribution in [1.82, 2.24) is 14.8 Å². The summed E-state index contributed by atoms with van der Waals surface area (Å²) in [6, 6.07) is 10.1. The number of piperazine rings is 1. The molecule has 1 fully saturated rings. The van der Waals surface area contributed by atoms with E-state index in [4.69, 9.17) is 23.2 Å². The van der Waals surface area contributed by atoms with Gasteiger partial charge >= 0.3 is 0 Å². The molecule has 0 radical (unpaired) electrons. The summed E-state index contributed by atoms with van der Waals surface area (Å²) in [6.07, 6.45) is 0. The van der Waals surface area contributed by atoms with E-state index >= 15 is 0 Å². The lowest BCUT2D eigenvalue weighted by atomic mass is 10.1. The second-order valence-electron chi connectivity index (χ2n) is 6.88. The zero-order valence-electron chi connectivity index (χ0n) is 15.6. The van der Waals surface area contributed by atoms with Gasteiger partial charge in [-0.3, -0.25) is 14.9 Å². The quantitative estimate of drug-likeness (QED) is 0.650. The van der Waals surface area contributed by atoms with E-state index in [0.29, 0.717) is 26.3 Å². The van der Waals surface area contributed by atoms with Crippen molar-refractivity contribution in [2.24, 2.45) is 0 Å². The lowest BCUT2D eigenvalue weighted by Gasteiger charge is -2.32. The van der Waals surface area contributed by atoms with E-state index in [-0.39, 0.29) is 11.8 Å². The molecule has 3 aromatic rings. The molecule has 9 heteroatoms. The van der Waals surface area contributed by atoms with Gasteiger partial charge in [0.05, 0.1) is 20.3 Å². The van der Waals surface area contributed by atoms with E-state index in [1.165, 1.54) is 17.4 Å². The first-order valence-corrected chi connectivity index (χ1v) is 10.6. The van der Waals surface area contributed by atoms with E-state index in [1.807, 2.05) is 17.0 Å². The van der Waals surface area contributed by atoms with Gasteiger partial charge in [-0.15, -0.1) is 0 Å². The van der Waals surface area contributed by atoms with Crippen molar-refractivity contribution >= 4 is 61.7 Å². The smallest absolute Gasteiger partial charge is 0.257 e. The van der Waals surface area contributed by atoms with E-state index in [9.17, 15) is 9.59 Å². The fourth-order valence-electron chi connectivity index (χ4n) is 3.11. The van der Waals surface area contributed by atoms with Gasteiger partial charge in [0.2, 0.25) is 0 Å². The first kappa shape index (κ1) is 20.1. The van der Waals surface area contributed by atoms with E-state index in [0.717, 1.165) is 36.4 Å². The Kier molecular flexibility index (Phi) is 5.74. The summed E-state index contributed by atoms with van der Waals surface area (Å²) in [7, 11) is 2.05. The molecule has 0 bridgehead atoms.